The molecule has 1 fully saturated rings. The van der Waals surface area contributed by atoms with Crippen LogP contribution >= 0.6 is 0 Å². The van der Waals surface area contributed by atoms with Crippen LogP contribution in [0.15, 0.2) is 53.0 Å². The number of hydrogen-bond acceptors (Lipinski definition) is 4. The number of hydrogen-bond donors (Lipinski definition) is 1. The van der Waals surface area contributed by atoms with Gasteiger partial charge in [0.25, 0.3) is 5.91 Å². The highest BCUT2D eigenvalue weighted by atomic mass is 19.1. The number of carbonyl (C=O) groups is 2. The topological polar surface area (TPSA) is 79.0 Å². The molecule has 2 aromatic rings. The van der Waals surface area contributed by atoms with Crippen molar-refractivity contribution in [3.8, 4) is 11.1 Å². The largest absolute Gasteiger partial charge is 0.387 e. The molecule has 0 unspecified atom stereocenters. The van der Waals surface area contributed by atoms with E-state index in [1.165, 1.54) is 0 Å². The molecule has 2 aliphatic heterocycles. The van der Waals surface area contributed by atoms with Gasteiger partial charge in [0.1, 0.15) is 5.84 Å². The van der Waals surface area contributed by atoms with Crippen molar-refractivity contribution in [3.63, 3.8) is 0 Å². The first-order chi connectivity index (χ1) is 17.0. The summed E-state index contributed by atoms with van der Waals surface area (Å²) in [5, 5.41) is 0. The predicted molar refractivity (Wildman–Crippen MR) is 138 cm³/mol. The lowest BCUT2D eigenvalue weighted by atomic mass is 9.99. The van der Waals surface area contributed by atoms with Crippen LogP contribution < -0.4 is 5.73 Å². The second-order valence-corrected chi connectivity index (χ2v) is 9.13. The van der Waals surface area contributed by atoms with Crippen LogP contribution in [0.1, 0.15) is 54.9 Å². The Morgan fingerprint density at radius 3 is 2.46 bits per heavy atom. The number of aliphatic imine (C=N–C) groups is 1. The molecule has 1 saturated heterocycles. The maximum Gasteiger partial charge on any atom is 0.253 e. The zero-order valence-corrected chi connectivity index (χ0v) is 20.3. The molecule has 0 saturated carbocycles. The maximum absolute atomic E-state index is 13.2. The number of alkyl halides is 1. The summed E-state index contributed by atoms with van der Waals surface area (Å²) in [6.45, 7) is 4.17. The summed E-state index contributed by atoms with van der Waals surface area (Å²) in [6.07, 6.45) is 5.37. The molecule has 0 radical (unpaired) electrons. The van der Waals surface area contributed by atoms with E-state index in [0.717, 1.165) is 49.0 Å². The van der Waals surface area contributed by atoms with Gasteiger partial charge in [0.05, 0.1) is 12.4 Å². The van der Waals surface area contributed by atoms with Crippen molar-refractivity contribution >= 4 is 29.4 Å². The molecule has 7 heteroatoms. The molecule has 2 heterocycles. The van der Waals surface area contributed by atoms with Crippen molar-refractivity contribution in [2.75, 3.05) is 32.9 Å². The van der Waals surface area contributed by atoms with E-state index in [0.29, 0.717) is 42.2 Å². The first-order valence-corrected chi connectivity index (χ1v) is 12.4. The van der Waals surface area contributed by atoms with Crippen molar-refractivity contribution in [1.82, 2.24) is 9.80 Å². The molecule has 0 aliphatic carbocycles. The number of fused-ring (bicyclic) bond motifs is 1. The van der Waals surface area contributed by atoms with E-state index in [2.05, 4.69) is 4.99 Å². The van der Waals surface area contributed by atoms with E-state index in [1.807, 2.05) is 60.4 Å². The van der Waals surface area contributed by atoms with Gasteiger partial charge in [-0.05, 0) is 61.1 Å². The molecule has 2 aromatic carbocycles. The standard InChI is InChI=1S/C28H33FN4O2/c1-2-13-32(16-5-12-29)28(35)24-17-23-11-10-22(18-25(23)31-26(30)19-24)20-6-8-21(9-7-20)27(34)33-14-3-4-15-33/h6-11,17-18H,2-5,12-16,19H2,1H3,(H2,30,31). The fraction of sp³-hybridized carbons (Fsp3) is 0.393. The van der Waals surface area contributed by atoms with Gasteiger partial charge in [-0.15, -0.1) is 0 Å². The van der Waals surface area contributed by atoms with Crippen LogP contribution in [0, 0.1) is 0 Å². The summed E-state index contributed by atoms with van der Waals surface area (Å²) in [5.41, 5.74) is 10.9. The number of amides is 2. The molecule has 35 heavy (non-hydrogen) atoms. The van der Waals surface area contributed by atoms with Gasteiger partial charge in [-0.2, -0.15) is 0 Å². The third kappa shape index (κ3) is 5.78. The highest BCUT2D eigenvalue weighted by Crippen LogP contribution is 2.32. The van der Waals surface area contributed by atoms with Crippen molar-refractivity contribution in [3.05, 3.63) is 59.2 Å². The number of benzene rings is 2. The Morgan fingerprint density at radius 1 is 1.06 bits per heavy atom. The molecular weight excluding hydrogens is 443 g/mol. The first-order valence-electron chi connectivity index (χ1n) is 12.4. The summed E-state index contributed by atoms with van der Waals surface area (Å²) in [4.78, 5) is 34.0. The minimum Gasteiger partial charge on any atom is -0.387 e. The highest BCUT2D eigenvalue weighted by Gasteiger charge is 2.22. The zero-order valence-electron chi connectivity index (χ0n) is 20.3. The van der Waals surface area contributed by atoms with E-state index in [4.69, 9.17) is 5.73 Å². The van der Waals surface area contributed by atoms with Crippen LogP contribution in [0.3, 0.4) is 0 Å². The van der Waals surface area contributed by atoms with Crippen molar-refractivity contribution in [2.24, 2.45) is 10.7 Å². The fourth-order valence-corrected chi connectivity index (χ4v) is 4.65. The Kier molecular flexibility index (Phi) is 7.95. The number of carbonyl (C=O) groups excluding carboxylic acids is 2. The van der Waals surface area contributed by atoms with Gasteiger partial charge in [0.15, 0.2) is 0 Å². The van der Waals surface area contributed by atoms with Gasteiger partial charge in [0.2, 0.25) is 5.91 Å². The lowest BCUT2D eigenvalue weighted by molar-refractivity contribution is -0.127. The zero-order chi connectivity index (χ0) is 24.8. The number of amidine groups is 1. The molecule has 2 amide bonds. The van der Waals surface area contributed by atoms with Gasteiger partial charge < -0.3 is 15.5 Å². The molecule has 0 bridgehead atoms. The van der Waals surface area contributed by atoms with Gasteiger partial charge in [-0.25, -0.2) is 4.99 Å². The molecule has 184 valence electrons. The van der Waals surface area contributed by atoms with Crippen LogP contribution in [0.25, 0.3) is 17.2 Å². The summed E-state index contributed by atoms with van der Waals surface area (Å²) < 4.78 is 12.7. The van der Waals surface area contributed by atoms with Crippen LogP contribution in [-0.4, -0.2) is 60.3 Å². The van der Waals surface area contributed by atoms with E-state index in [1.54, 1.807) is 4.90 Å². The summed E-state index contributed by atoms with van der Waals surface area (Å²) in [7, 11) is 0. The van der Waals surface area contributed by atoms with E-state index < -0.39 is 6.67 Å². The van der Waals surface area contributed by atoms with Crippen LogP contribution in [0.2, 0.25) is 0 Å². The smallest absolute Gasteiger partial charge is 0.253 e. The van der Waals surface area contributed by atoms with Gasteiger partial charge in [0, 0.05) is 49.3 Å². The Bertz CT molecular complexity index is 1130. The predicted octanol–water partition coefficient (Wildman–Crippen LogP) is 4.96. The Balaban J connectivity index is 1.57. The van der Waals surface area contributed by atoms with E-state index in [9.17, 15) is 14.0 Å². The number of likely N-dealkylation sites (tertiary alicyclic amines) is 1. The first kappa shape index (κ1) is 24.6. The summed E-state index contributed by atoms with van der Waals surface area (Å²) in [5.74, 6) is 0.335. The average molecular weight is 477 g/mol. The van der Waals surface area contributed by atoms with Gasteiger partial charge in [-0.1, -0.05) is 31.2 Å². The molecule has 6 nitrogen and oxygen atoms in total. The molecule has 2 aliphatic rings. The average Bonchev–Trinajstić information content (AvgIpc) is 3.35. The number of halogens is 1. The van der Waals surface area contributed by atoms with Crippen molar-refractivity contribution in [2.45, 2.75) is 39.0 Å². The monoisotopic (exact) mass is 476 g/mol. The Labute approximate surface area is 206 Å². The van der Waals surface area contributed by atoms with Crippen LogP contribution in [0.4, 0.5) is 10.1 Å². The van der Waals surface area contributed by atoms with E-state index >= 15 is 0 Å². The third-order valence-corrected chi connectivity index (χ3v) is 6.47. The summed E-state index contributed by atoms with van der Waals surface area (Å²) >= 11 is 0. The van der Waals surface area contributed by atoms with E-state index in [-0.39, 0.29) is 18.2 Å². The second-order valence-electron chi connectivity index (χ2n) is 9.13. The normalized spacial score (nSPS) is 15.2. The number of rotatable bonds is 8. The molecule has 0 atom stereocenters. The third-order valence-electron chi connectivity index (χ3n) is 6.47. The molecule has 2 N–H and O–H groups in total. The highest BCUT2D eigenvalue weighted by molar-refractivity contribution is 6.05. The lowest BCUT2D eigenvalue weighted by Crippen LogP contribution is -2.35. The minimum atomic E-state index is -0.449. The molecule has 0 spiro atoms. The van der Waals surface area contributed by atoms with Crippen LogP contribution in [0.5, 0.6) is 0 Å². The number of nitrogens with two attached hydrogens (primary N) is 1. The Morgan fingerprint density at radius 2 is 1.77 bits per heavy atom. The van der Waals surface area contributed by atoms with Gasteiger partial charge in [-0.3, -0.25) is 14.0 Å². The maximum atomic E-state index is 13.2. The molecular formula is C28H33FN4O2. The van der Waals surface area contributed by atoms with Crippen LogP contribution in [-0.2, 0) is 4.79 Å². The van der Waals surface area contributed by atoms with Gasteiger partial charge >= 0.3 is 0 Å². The second kappa shape index (κ2) is 11.3. The molecule has 0 aromatic heterocycles. The number of nitrogens with zero attached hydrogens (tertiary/aromatic N) is 3. The molecule has 4 rings (SSSR count). The summed E-state index contributed by atoms with van der Waals surface area (Å²) in [6, 6.07) is 13.5. The quantitative estimate of drug-likeness (QED) is 0.585. The van der Waals surface area contributed by atoms with Crippen molar-refractivity contribution in [1.29, 1.82) is 0 Å². The van der Waals surface area contributed by atoms with Crippen molar-refractivity contribution < 1.29 is 14.0 Å². The lowest BCUT2D eigenvalue weighted by Gasteiger charge is -2.23. The minimum absolute atomic E-state index is 0.0827. The SMILES string of the molecule is CCCN(CCCF)C(=O)C1=Cc2ccc(-c3ccc(C(=O)N4CCCC4)cc3)cc2N=C(N)C1. The Hall–Kier alpha value is -3.48. The fourth-order valence-electron chi connectivity index (χ4n) is 4.65.